The van der Waals surface area contributed by atoms with Gasteiger partial charge in [0.15, 0.2) is 0 Å². The molecule has 0 atom stereocenters. The number of nitrogens with zero attached hydrogens (tertiary/aromatic N) is 1. The van der Waals surface area contributed by atoms with Crippen LogP contribution in [0, 0.1) is 12.7 Å². The van der Waals surface area contributed by atoms with Crippen LogP contribution in [-0.2, 0) is 23.2 Å². The molecule has 0 unspecified atom stereocenters. The summed E-state index contributed by atoms with van der Waals surface area (Å²) >= 11 is 5.75. The van der Waals surface area contributed by atoms with Crippen molar-refractivity contribution in [2.75, 3.05) is 0 Å². The highest BCUT2D eigenvalue weighted by atomic mass is 35.5. The van der Waals surface area contributed by atoms with Crippen molar-refractivity contribution in [3.63, 3.8) is 0 Å². The second kappa shape index (κ2) is 6.10. The van der Waals surface area contributed by atoms with Crippen molar-refractivity contribution < 1.29 is 17.9 Å². The van der Waals surface area contributed by atoms with E-state index in [9.17, 15) is 12.8 Å². The molecule has 0 amide bonds. The second-order valence-corrected chi connectivity index (χ2v) is 6.55. The lowest BCUT2D eigenvalue weighted by atomic mass is 10.2. The molecule has 1 aromatic heterocycles. The largest absolute Gasteiger partial charge is 0.392 e. The summed E-state index contributed by atoms with van der Waals surface area (Å²) in [6.45, 7) is 1.06. The normalized spacial score (nSPS) is 11.8. The number of halogens is 2. The third-order valence-corrected chi connectivity index (χ3v) is 4.54. The van der Waals surface area contributed by atoms with Gasteiger partial charge in [0.05, 0.1) is 12.8 Å². The van der Waals surface area contributed by atoms with E-state index in [1.54, 1.807) is 6.92 Å². The molecule has 9 heteroatoms. The summed E-state index contributed by atoms with van der Waals surface area (Å²) in [5, 5.41) is 15.5. The van der Waals surface area contributed by atoms with Crippen LogP contribution in [0.2, 0.25) is 5.02 Å². The molecule has 0 saturated heterocycles. The van der Waals surface area contributed by atoms with Crippen LogP contribution in [0.5, 0.6) is 0 Å². The molecule has 0 spiro atoms. The van der Waals surface area contributed by atoms with Gasteiger partial charge in [-0.3, -0.25) is 5.10 Å². The van der Waals surface area contributed by atoms with E-state index in [1.807, 2.05) is 0 Å². The van der Waals surface area contributed by atoms with Crippen molar-refractivity contribution in [1.82, 2.24) is 14.9 Å². The van der Waals surface area contributed by atoms with Gasteiger partial charge in [0.25, 0.3) is 0 Å². The van der Waals surface area contributed by atoms with Crippen LogP contribution in [0.25, 0.3) is 0 Å². The SMILES string of the molecule is Cc1[nH]ncc1CNS(=O)(=O)c1cc(Cl)cc(CO)c1F. The summed E-state index contributed by atoms with van der Waals surface area (Å²) in [5.74, 6) is -1.02. The van der Waals surface area contributed by atoms with Crippen LogP contribution in [0.4, 0.5) is 4.39 Å². The Bertz CT molecular complexity index is 761. The van der Waals surface area contributed by atoms with Crippen molar-refractivity contribution in [2.45, 2.75) is 25.0 Å². The van der Waals surface area contributed by atoms with Gasteiger partial charge in [0.1, 0.15) is 10.7 Å². The van der Waals surface area contributed by atoms with Gasteiger partial charge in [-0.05, 0) is 19.1 Å². The second-order valence-electron chi connectivity index (χ2n) is 4.38. The van der Waals surface area contributed by atoms with Crippen LogP contribution in [0.15, 0.2) is 23.2 Å². The van der Waals surface area contributed by atoms with E-state index in [0.717, 1.165) is 6.07 Å². The molecule has 2 aromatic rings. The molecule has 0 bridgehead atoms. The molecular weight excluding hydrogens is 321 g/mol. The Morgan fingerprint density at radius 1 is 1.43 bits per heavy atom. The number of aromatic nitrogens is 2. The zero-order chi connectivity index (χ0) is 15.6. The van der Waals surface area contributed by atoms with Crippen LogP contribution in [0.3, 0.4) is 0 Å². The minimum Gasteiger partial charge on any atom is -0.392 e. The maximum absolute atomic E-state index is 14.0. The molecule has 3 N–H and O–H groups in total. The van der Waals surface area contributed by atoms with Gasteiger partial charge in [0.2, 0.25) is 10.0 Å². The number of aliphatic hydroxyl groups excluding tert-OH is 1. The Kier molecular flexibility index (Phi) is 4.62. The highest BCUT2D eigenvalue weighted by molar-refractivity contribution is 7.89. The zero-order valence-electron chi connectivity index (χ0n) is 11.0. The first kappa shape index (κ1) is 15.9. The third-order valence-electron chi connectivity index (χ3n) is 2.93. The van der Waals surface area contributed by atoms with Gasteiger partial charge < -0.3 is 5.11 Å². The molecule has 0 aliphatic carbocycles. The molecule has 0 fully saturated rings. The molecule has 0 aliphatic rings. The van der Waals surface area contributed by atoms with Gasteiger partial charge >= 0.3 is 0 Å². The highest BCUT2D eigenvalue weighted by Crippen LogP contribution is 2.24. The number of aryl methyl sites for hydroxylation is 1. The molecule has 0 radical (unpaired) electrons. The highest BCUT2D eigenvalue weighted by Gasteiger charge is 2.22. The number of benzene rings is 1. The summed E-state index contributed by atoms with van der Waals surface area (Å²) in [6, 6.07) is 2.18. The number of aliphatic hydroxyl groups is 1. The molecule has 2 rings (SSSR count). The molecule has 0 aliphatic heterocycles. The van der Waals surface area contributed by atoms with Crippen molar-refractivity contribution in [2.24, 2.45) is 0 Å². The molecule has 21 heavy (non-hydrogen) atoms. The summed E-state index contributed by atoms with van der Waals surface area (Å²) in [6.07, 6.45) is 1.48. The Hall–Kier alpha value is -1.48. The first-order chi connectivity index (χ1) is 9.85. The van der Waals surface area contributed by atoms with Gasteiger partial charge in [-0.25, -0.2) is 17.5 Å². The van der Waals surface area contributed by atoms with E-state index in [2.05, 4.69) is 14.9 Å². The van der Waals surface area contributed by atoms with E-state index in [1.165, 1.54) is 12.3 Å². The van der Waals surface area contributed by atoms with Crippen LogP contribution in [-0.4, -0.2) is 23.7 Å². The standard InChI is InChI=1S/C12H13ClFN3O3S/c1-7-9(4-15-17-7)5-16-21(19,20)11-3-10(13)2-8(6-18)12(11)14/h2-4,16,18H,5-6H2,1H3,(H,15,17). The minimum atomic E-state index is -4.10. The van der Waals surface area contributed by atoms with Crippen molar-refractivity contribution >= 4 is 21.6 Å². The summed E-state index contributed by atoms with van der Waals surface area (Å²) in [4.78, 5) is -0.597. The molecule has 6 nitrogen and oxygen atoms in total. The molecule has 1 aromatic carbocycles. The van der Waals surface area contributed by atoms with E-state index in [-0.39, 0.29) is 17.1 Å². The average molecular weight is 334 g/mol. The fourth-order valence-corrected chi connectivity index (χ4v) is 3.19. The first-order valence-electron chi connectivity index (χ1n) is 5.92. The Morgan fingerprint density at radius 2 is 2.14 bits per heavy atom. The first-order valence-corrected chi connectivity index (χ1v) is 7.78. The number of aromatic amines is 1. The van der Waals surface area contributed by atoms with Gasteiger partial charge in [0, 0.05) is 28.4 Å². The number of rotatable bonds is 5. The number of nitrogens with one attached hydrogen (secondary N) is 2. The predicted molar refractivity (Wildman–Crippen MR) is 74.7 cm³/mol. The van der Waals surface area contributed by atoms with Gasteiger partial charge in [-0.2, -0.15) is 5.10 Å². The maximum atomic E-state index is 14.0. The smallest absolute Gasteiger partial charge is 0.243 e. The fraction of sp³-hybridized carbons (Fsp3) is 0.250. The van der Waals surface area contributed by atoms with E-state index >= 15 is 0 Å². The number of hydrogen-bond acceptors (Lipinski definition) is 4. The van der Waals surface area contributed by atoms with Crippen molar-refractivity contribution in [3.8, 4) is 0 Å². The third kappa shape index (κ3) is 3.41. The van der Waals surface area contributed by atoms with E-state index in [4.69, 9.17) is 16.7 Å². The van der Waals surface area contributed by atoms with Gasteiger partial charge in [-0.1, -0.05) is 11.6 Å². The molecule has 114 valence electrons. The lowest BCUT2D eigenvalue weighted by molar-refractivity contribution is 0.274. The van der Waals surface area contributed by atoms with Crippen LogP contribution in [0.1, 0.15) is 16.8 Å². The minimum absolute atomic E-state index is 0.0281. The fourth-order valence-electron chi connectivity index (χ4n) is 1.73. The van der Waals surface area contributed by atoms with Gasteiger partial charge in [-0.15, -0.1) is 0 Å². The number of H-pyrrole nitrogens is 1. The summed E-state index contributed by atoms with van der Waals surface area (Å²) in [5.41, 5.74) is 1.17. The van der Waals surface area contributed by atoms with E-state index < -0.39 is 27.3 Å². The summed E-state index contributed by atoms with van der Waals surface area (Å²) < 4.78 is 40.6. The Morgan fingerprint density at radius 3 is 2.71 bits per heavy atom. The monoisotopic (exact) mass is 333 g/mol. The molecular formula is C12H13ClFN3O3S. The topological polar surface area (TPSA) is 95.1 Å². The molecule has 0 saturated carbocycles. The Balaban J connectivity index is 2.32. The maximum Gasteiger partial charge on any atom is 0.243 e. The van der Waals surface area contributed by atoms with Crippen LogP contribution >= 0.6 is 11.6 Å². The predicted octanol–water partition coefficient (Wildman–Crippen LogP) is 1.48. The number of hydrogen-bond donors (Lipinski definition) is 3. The lowest BCUT2D eigenvalue weighted by Crippen LogP contribution is -2.24. The lowest BCUT2D eigenvalue weighted by Gasteiger charge is -2.10. The van der Waals surface area contributed by atoms with Crippen LogP contribution < -0.4 is 4.72 Å². The average Bonchev–Trinajstić information content (AvgIpc) is 2.84. The Labute approximate surface area is 126 Å². The summed E-state index contributed by atoms with van der Waals surface area (Å²) in [7, 11) is -4.10. The number of sulfonamides is 1. The van der Waals surface area contributed by atoms with Crippen molar-refractivity contribution in [3.05, 3.63) is 46.0 Å². The van der Waals surface area contributed by atoms with E-state index in [0.29, 0.717) is 11.3 Å². The quantitative estimate of drug-likeness (QED) is 0.772. The molecule has 1 heterocycles. The van der Waals surface area contributed by atoms with Crippen molar-refractivity contribution in [1.29, 1.82) is 0 Å². The zero-order valence-corrected chi connectivity index (χ0v) is 12.6.